The number of benzene rings is 3. The van der Waals surface area contributed by atoms with Crippen molar-refractivity contribution >= 4 is 46.5 Å². The highest BCUT2D eigenvalue weighted by Gasteiger charge is 2.27. The number of carboxylic acids is 1. The van der Waals surface area contributed by atoms with Crippen molar-refractivity contribution in [2.24, 2.45) is 0 Å². The monoisotopic (exact) mass is 602 g/mol. The van der Waals surface area contributed by atoms with Crippen LogP contribution in [0.1, 0.15) is 35.3 Å². The fourth-order valence-electron chi connectivity index (χ4n) is 4.14. The van der Waals surface area contributed by atoms with Crippen LogP contribution in [0.25, 0.3) is 0 Å². The standard InChI is InChI=1S/C29H32Cl2N4O6/c1-3-32-14-15-34(4-2)20-10-13-27(35(39)40)22(17-20)28(36)33-26(29(37)38)16-19-8-11-21(12-9-19)41-18-23-24(30)6-5-7-25(23)31/h5-13,17,26,32H,3-4,14-16,18H2,1-2H3,(H,33,36)(H,37,38). The molecule has 1 atom stereocenters. The molecule has 218 valence electrons. The molecule has 3 aromatic carbocycles. The molecule has 3 aromatic rings. The van der Waals surface area contributed by atoms with E-state index in [0.717, 1.165) is 6.54 Å². The van der Waals surface area contributed by atoms with E-state index >= 15 is 0 Å². The molecule has 1 unspecified atom stereocenters. The summed E-state index contributed by atoms with van der Waals surface area (Å²) in [5.41, 5.74) is 1.28. The topological polar surface area (TPSA) is 134 Å². The van der Waals surface area contributed by atoms with Crippen LogP contribution in [-0.4, -0.2) is 54.1 Å². The maximum Gasteiger partial charge on any atom is 0.326 e. The Morgan fingerprint density at radius 3 is 2.34 bits per heavy atom. The fourth-order valence-corrected chi connectivity index (χ4v) is 4.65. The molecule has 0 aliphatic rings. The minimum atomic E-state index is -1.32. The van der Waals surface area contributed by atoms with Crippen molar-refractivity contribution in [3.05, 3.63) is 97.5 Å². The molecule has 0 radical (unpaired) electrons. The van der Waals surface area contributed by atoms with Gasteiger partial charge in [0.25, 0.3) is 11.6 Å². The summed E-state index contributed by atoms with van der Waals surface area (Å²) in [6, 6.07) is 14.8. The highest BCUT2D eigenvalue weighted by Crippen LogP contribution is 2.27. The maximum absolute atomic E-state index is 13.2. The van der Waals surface area contributed by atoms with E-state index in [9.17, 15) is 24.8 Å². The molecule has 41 heavy (non-hydrogen) atoms. The second-order valence-electron chi connectivity index (χ2n) is 9.09. The Morgan fingerprint density at radius 1 is 1.07 bits per heavy atom. The summed E-state index contributed by atoms with van der Waals surface area (Å²) in [4.78, 5) is 38.2. The number of nitro groups is 1. The van der Waals surface area contributed by atoms with Crippen molar-refractivity contribution in [2.75, 3.05) is 31.1 Å². The number of nitrogens with one attached hydrogen (secondary N) is 2. The van der Waals surface area contributed by atoms with E-state index in [1.807, 2.05) is 18.7 Å². The molecule has 0 spiro atoms. The van der Waals surface area contributed by atoms with Crippen LogP contribution >= 0.6 is 23.2 Å². The lowest BCUT2D eigenvalue weighted by atomic mass is 10.0. The van der Waals surface area contributed by atoms with E-state index in [4.69, 9.17) is 27.9 Å². The van der Waals surface area contributed by atoms with Gasteiger partial charge in [-0.25, -0.2) is 4.79 Å². The number of aliphatic carboxylic acids is 1. The molecular weight excluding hydrogens is 571 g/mol. The number of hydrogen-bond acceptors (Lipinski definition) is 7. The molecular formula is C29H32Cl2N4O6. The number of likely N-dealkylation sites (N-methyl/N-ethyl adjacent to an activating group) is 2. The van der Waals surface area contributed by atoms with Gasteiger partial charge in [-0.15, -0.1) is 0 Å². The van der Waals surface area contributed by atoms with E-state index < -0.39 is 28.5 Å². The van der Waals surface area contributed by atoms with Gasteiger partial charge < -0.3 is 25.4 Å². The second kappa shape index (κ2) is 15.2. The lowest BCUT2D eigenvalue weighted by molar-refractivity contribution is -0.385. The van der Waals surface area contributed by atoms with E-state index in [2.05, 4.69) is 10.6 Å². The molecule has 3 rings (SSSR count). The summed E-state index contributed by atoms with van der Waals surface area (Å²) >= 11 is 12.4. The first-order valence-electron chi connectivity index (χ1n) is 13.1. The number of carboxylic acid groups (broad SMARTS) is 1. The van der Waals surface area contributed by atoms with Gasteiger partial charge in [-0.3, -0.25) is 14.9 Å². The molecule has 0 aromatic heterocycles. The lowest BCUT2D eigenvalue weighted by Crippen LogP contribution is -2.42. The molecule has 0 saturated heterocycles. The summed E-state index contributed by atoms with van der Waals surface area (Å²) in [6.07, 6.45) is -0.0467. The molecule has 3 N–H and O–H groups in total. The summed E-state index contributed by atoms with van der Waals surface area (Å²) in [5, 5.41) is 28.1. The van der Waals surface area contributed by atoms with Crippen LogP contribution in [0.4, 0.5) is 11.4 Å². The number of rotatable bonds is 15. The third-order valence-electron chi connectivity index (χ3n) is 6.39. The molecule has 0 heterocycles. The van der Waals surface area contributed by atoms with Crippen LogP contribution in [-0.2, 0) is 17.8 Å². The van der Waals surface area contributed by atoms with E-state index in [1.165, 1.54) is 12.1 Å². The molecule has 0 aliphatic heterocycles. The van der Waals surface area contributed by atoms with Gasteiger partial charge in [0.15, 0.2) is 0 Å². The maximum atomic E-state index is 13.2. The van der Waals surface area contributed by atoms with Crippen molar-refractivity contribution in [2.45, 2.75) is 32.9 Å². The number of carbonyl (C=O) groups is 2. The van der Waals surface area contributed by atoms with Crippen LogP contribution in [0.5, 0.6) is 5.75 Å². The fraction of sp³-hybridized carbons (Fsp3) is 0.310. The first-order valence-corrected chi connectivity index (χ1v) is 13.8. The summed E-state index contributed by atoms with van der Waals surface area (Å²) in [5.74, 6) is -1.60. The zero-order chi connectivity index (χ0) is 29.9. The van der Waals surface area contributed by atoms with Crippen molar-refractivity contribution in [1.29, 1.82) is 0 Å². The van der Waals surface area contributed by atoms with Gasteiger partial charge in [-0.2, -0.15) is 0 Å². The number of anilines is 1. The van der Waals surface area contributed by atoms with Gasteiger partial charge in [0, 0.05) is 53.4 Å². The van der Waals surface area contributed by atoms with Crippen molar-refractivity contribution in [3.8, 4) is 5.75 Å². The van der Waals surface area contributed by atoms with Crippen molar-refractivity contribution < 1.29 is 24.4 Å². The number of halogens is 2. The molecule has 0 fully saturated rings. The Kier molecular flexibility index (Phi) is 11.8. The van der Waals surface area contributed by atoms with E-state index in [-0.39, 0.29) is 18.6 Å². The lowest BCUT2D eigenvalue weighted by Gasteiger charge is -2.24. The molecule has 12 heteroatoms. The average Bonchev–Trinajstić information content (AvgIpc) is 2.95. The van der Waals surface area contributed by atoms with Crippen molar-refractivity contribution in [3.63, 3.8) is 0 Å². The zero-order valence-electron chi connectivity index (χ0n) is 22.7. The molecule has 0 bridgehead atoms. The predicted molar refractivity (Wildman–Crippen MR) is 159 cm³/mol. The van der Waals surface area contributed by atoms with Crippen LogP contribution in [0.2, 0.25) is 10.0 Å². The summed E-state index contributed by atoms with van der Waals surface area (Å²) in [7, 11) is 0. The van der Waals surface area contributed by atoms with Gasteiger partial charge in [-0.1, -0.05) is 48.3 Å². The van der Waals surface area contributed by atoms with Gasteiger partial charge in [0.1, 0.15) is 24.0 Å². The number of amides is 1. The van der Waals surface area contributed by atoms with Gasteiger partial charge in [0.05, 0.1) is 4.92 Å². The van der Waals surface area contributed by atoms with E-state index in [0.29, 0.717) is 52.2 Å². The van der Waals surface area contributed by atoms with E-state index in [1.54, 1.807) is 48.5 Å². The molecule has 0 saturated carbocycles. The third kappa shape index (κ3) is 8.81. The van der Waals surface area contributed by atoms with Crippen LogP contribution in [0, 0.1) is 10.1 Å². The first-order chi connectivity index (χ1) is 19.6. The van der Waals surface area contributed by atoms with Crippen LogP contribution in [0.3, 0.4) is 0 Å². The Morgan fingerprint density at radius 2 is 1.76 bits per heavy atom. The zero-order valence-corrected chi connectivity index (χ0v) is 24.2. The quantitative estimate of drug-likeness (QED) is 0.120. The summed E-state index contributed by atoms with van der Waals surface area (Å²) in [6.45, 7) is 6.82. The molecule has 0 aliphatic carbocycles. The molecule has 10 nitrogen and oxygen atoms in total. The third-order valence-corrected chi connectivity index (χ3v) is 7.10. The Hall–Kier alpha value is -3.86. The Bertz CT molecular complexity index is 1350. The van der Waals surface area contributed by atoms with Crippen LogP contribution < -0.4 is 20.3 Å². The summed E-state index contributed by atoms with van der Waals surface area (Å²) < 4.78 is 5.76. The number of hydrogen-bond donors (Lipinski definition) is 3. The SMILES string of the molecule is CCNCCN(CC)c1ccc([N+](=O)[O-])c(C(=O)NC(Cc2ccc(OCc3c(Cl)cccc3Cl)cc2)C(=O)O)c1. The predicted octanol–water partition coefficient (Wildman–Crippen LogP) is 5.34. The highest BCUT2D eigenvalue weighted by atomic mass is 35.5. The van der Waals surface area contributed by atoms with Gasteiger partial charge in [0.2, 0.25) is 0 Å². The number of ether oxygens (including phenoxy) is 1. The van der Waals surface area contributed by atoms with Crippen molar-refractivity contribution in [1.82, 2.24) is 10.6 Å². The minimum absolute atomic E-state index is 0.0467. The first kappa shape index (κ1) is 31.7. The van der Waals surface area contributed by atoms with Gasteiger partial charge in [-0.05, 0) is 55.4 Å². The Balaban J connectivity index is 1.73. The molecule has 1 amide bonds. The number of carbonyl (C=O) groups excluding carboxylic acids is 1. The normalized spacial score (nSPS) is 11.5. The Labute approximate surface area is 248 Å². The van der Waals surface area contributed by atoms with Crippen LogP contribution in [0.15, 0.2) is 60.7 Å². The van der Waals surface area contributed by atoms with Gasteiger partial charge >= 0.3 is 5.97 Å². The number of nitro benzene ring substituents is 1. The second-order valence-corrected chi connectivity index (χ2v) is 9.91. The largest absolute Gasteiger partial charge is 0.489 e. The smallest absolute Gasteiger partial charge is 0.326 e. The highest BCUT2D eigenvalue weighted by molar-refractivity contribution is 6.35. The average molecular weight is 604 g/mol. The minimum Gasteiger partial charge on any atom is -0.489 e. The number of nitrogens with zero attached hydrogens (tertiary/aromatic N) is 2.